The van der Waals surface area contributed by atoms with Crippen molar-refractivity contribution in [2.45, 2.75) is 6.42 Å². The third-order valence-corrected chi connectivity index (χ3v) is 3.81. The molecular formula is C14H18N2O2S. The second-order valence-electron chi connectivity index (χ2n) is 4.18. The van der Waals surface area contributed by atoms with Crippen LogP contribution >= 0.6 is 11.8 Å². The summed E-state index contributed by atoms with van der Waals surface area (Å²) in [5, 5.41) is 23.5. The van der Waals surface area contributed by atoms with E-state index in [1.54, 1.807) is 30.1 Å². The SMILES string of the molecule is OCCCSCCNc1nccc2ccc(O)cc12. The predicted molar refractivity (Wildman–Crippen MR) is 80.9 cm³/mol. The molecule has 0 fully saturated rings. The van der Waals surface area contributed by atoms with Crippen LogP contribution in [0.25, 0.3) is 10.8 Å². The maximum Gasteiger partial charge on any atom is 0.133 e. The third-order valence-electron chi connectivity index (χ3n) is 2.74. The van der Waals surface area contributed by atoms with E-state index in [1.165, 1.54) is 0 Å². The number of hydrogen-bond donors (Lipinski definition) is 3. The fourth-order valence-electron chi connectivity index (χ4n) is 1.81. The quantitative estimate of drug-likeness (QED) is 0.679. The molecule has 1 aromatic carbocycles. The van der Waals surface area contributed by atoms with Crippen molar-refractivity contribution >= 4 is 28.4 Å². The number of anilines is 1. The molecule has 0 unspecified atom stereocenters. The normalized spacial score (nSPS) is 10.8. The zero-order chi connectivity index (χ0) is 13.5. The molecule has 1 heterocycles. The van der Waals surface area contributed by atoms with Gasteiger partial charge in [-0.05, 0) is 35.8 Å². The molecule has 0 amide bonds. The van der Waals surface area contributed by atoms with E-state index in [9.17, 15) is 5.11 Å². The van der Waals surface area contributed by atoms with Crippen molar-refractivity contribution < 1.29 is 10.2 Å². The number of benzene rings is 1. The van der Waals surface area contributed by atoms with Crippen molar-refractivity contribution in [1.29, 1.82) is 0 Å². The number of phenolic OH excluding ortho intramolecular Hbond substituents is 1. The standard InChI is InChI=1S/C14H18N2O2S/c17-7-1-8-19-9-6-16-14-13-10-12(18)3-2-11(13)4-5-15-14/h2-5,10,17-18H,1,6-9H2,(H,15,16). The van der Waals surface area contributed by atoms with Gasteiger partial charge in [-0.3, -0.25) is 0 Å². The molecule has 0 atom stereocenters. The highest BCUT2D eigenvalue weighted by Gasteiger charge is 2.02. The van der Waals surface area contributed by atoms with E-state index < -0.39 is 0 Å². The predicted octanol–water partition coefficient (Wildman–Crippen LogP) is 2.47. The Morgan fingerprint density at radius 1 is 1.21 bits per heavy atom. The number of aliphatic hydroxyl groups is 1. The lowest BCUT2D eigenvalue weighted by Gasteiger charge is -2.08. The molecule has 0 aliphatic heterocycles. The molecule has 1 aromatic heterocycles. The zero-order valence-corrected chi connectivity index (χ0v) is 11.5. The molecule has 0 saturated heterocycles. The molecule has 5 heteroatoms. The molecule has 0 spiro atoms. The van der Waals surface area contributed by atoms with E-state index in [0.29, 0.717) is 0 Å². The van der Waals surface area contributed by atoms with Gasteiger partial charge in [0, 0.05) is 30.5 Å². The summed E-state index contributed by atoms with van der Waals surface area (Å²) in [5.41, 5.74) is 0. The Kier molecular flexibility index (Phi) is 5.30. The van der Waals surface area contributed by atoms with Crippen LogP contribution in [0.5, 0.6) is 5.75 Å². The van der Waals surface area contributed by atoms with Crippen molar-refractivity contribution in [3.63, 3.8) is 0 Å². The number of pyridine rings is 1. The molecule has 102 valence electrons. The molecule has 0 aliphatic rings. The number of nitrogens with one attached hydrogen (secondary N) is 1. The summed E-state index contributed by atoms with van der Waals surface area (Å²) in [6, 6.07) is 7.21. The molecule has 19 heavy (non-hydrogen) atoms. The van der Waals surface area contributed by atoms with Crippen LogP contribution in [0.3, 0.4) is 0 Å². The fraction of sp³-hybridized carbons (Fsp3) is 0.357. The van der Waals surface area contributed by atoms with E-state index in [-0.39, 0.29) is 12.4 Å². The van der Waals surface area contributed by atoms with Crippen molar-refractivity contribution in [2.75, 3.05) is 30.0 Å². The van der Waals surface area contributed by atoms with Gasteiger partial charge < -0.3 is 15.5 Å². The lowest BCUT2D eigenvalue weighted by molar-refractivity contribution is 0.296. The lowest BCUT2D eigenvalue weighted by Crippen LogP contribution is -2.06. The number of fused-ring (bicyclic) bond motifs is 1. The van der Waals surface area contributed by atoms with Crippen molar-refractivity contribution in [1.82, 2.24) is 4.98 Å². The number of hydrogen-bond acceptors (Lipinski definition) is 5. The van der Waals surface area contributed by atoms with Crippen LogP contribution in [-0.4, -0.2) is 39.9 Å². The van der Waals surface area contributed by atoms with E-state index in [4.69, 9.17) is 5.11 Å². The van der Waals surface area contributed by atoms with Crippen LogP contribution in [0.4, 0.5) is 5.82 Å². The maximum absolute atomic E-state index is 9.54. The van der Waals surface area contributed by atoms with Crippen LogP contribution in [0.2, 0.25) is 0 Å². The van der Waals surface area contributed by atoms with Gasteiger partial charge in [0.25, 0.3) is 0 Å². The minimum Gasteiger partial charge on any atom is -0.508 e. The van der Waals surface area contributed by atoms with Gasteiger partial charge >= 0.3 is 0 Å². The first-order chi connectivity index (χ1) is 9.31. The first-order valence-electron chi connectivity index (χ1n) is 6.31. The van der Waals surface area contributed by atoms with Gasteiger partial charge in [-0.25, -0.2) is 4.98 Å². The molecule has 0 aliphatic carbocycles. The highest BCUT2D eigenvalue weighted by Crippen LogP contribution is 2.24. The van der Waals surface area contributed by atoms with E-state index in [1.807, 2.05) is 12.1 Å². The Labute approximate surface area is 116 Å². The first-order valence-corrected chi connectivity index (χ1v) is 7.47. The van der Waals surface area contributed by atoms with Crippen molar-refractivity contribution in [2.24, 2.45) is 0 Å². The van der Waals surface area contributed by atoms with Gasteiger partial charge in [-0.1, -0.05) is 6.07 Å². The molecule has 4 nitrogen and oxygen atoms in total. The van der Waals surface area contributed by atoms with E-state index in [0.717, 1.165) is 41.1 Å². The van der Waals surface area contributed by atoms with Crippen LogP contribution in [0, 0.1) is 0 Å². The lowest BCUT2D eigenvalue weighted by atomic mass is 10.1. The summed E-state index contributed by atoms with van der Waals surface area (Å²) in [7, 11) is 0. The van der Waals surface area contributed by atoms with Gasteiger partial charge in [-0.15, -0.1) is 0 Å². The average Bonchev–Trinajstić information content (AvgIpc) is 2.43. The summed E-state index contributed by atoms with van der Waals surface area (Å²) in [6.07, 6.45) is 2.60. The smallest absolute Gasteiger partial charge is 0.133 e. The summed E-state index contributed by atoms with van der Waals surface area (Å²) in [4.78, 5) is 4.31. The Hall–Kier alpha value is -1.46. The Bertz CT molecular complexity index is 534. The van der Waals surface area contributed by atoms with Crippen molar-refractivity contribution in [3.8, 4) is 5.75 Å². The summed E-state index contributed by atoms with van der Waals surface area (Å²) < 4.78 is 0. The molecule has 2 rings (SSSR count). The molecule has 0 radical (unpaired) electrons. The topological polar surface area (TPSA) is 65.4 Å². The molecule has 2 aromatic rings. The summed E-state index contributed by atoms with van der Waals surface area (Å²) in [5.74, 6) is 3.00. The van der Waals surface area contributed by atoms with Gasteiger partial charge in [0.2, 0.25) is 0 Å². The summed E-state index contributed by atoms with van der Waals surface area (Å²) >= 11 is 1.81. The highest BCUT2D eigenvalue weighted by molar-refractivity contribution is 7.99. The van der Waals surface area contributed by atoms with Gasteiger partial charge in [0.05, 0.1) is 0 Å². The molecule has 0 bridgehead atoms. The number of phenols is 1. The van der Waals surface area contributed by atoms with Crippen LogP contribution in [-0.2, 0) is 0 Å². The van der Waals surface area contributed by atoms with E-state index in [2.05, 4.69) is 10.3 Å². The number of thioether (sulfide) groups is 1. The van der Waals surface area contributed by atoms with Crippen LogP contribution in [0.1, 0.15) is 6.42 Å². The Morgan fingerprint density at radius 3 is 2.95 bits per heavy atom. The maximum atomic E-state index is 9.54. The number of aromatic nitrogens is 1. The Balaban J connectivity index is 1.95. The average molecular weight is 278 g/mol. The fourth-order valence-corrected chi connectivity index (χ4v) is 2.59. The monoisotopic (exact) mass is 278 g/mol. The molecule has 0 saturated carbocycles. The minimum absolute atomic E-state index is 0.251. The molecule has 3 N–H and O–H groups in total. The third kappa shape index (κ3) is 4.01. The van der Waals surface area contributed by atoms with Gasteiger partial charge in [0.15, 0.2) is 0 Å². The Morgan fingerprint density at radius 2 is 2.11 bits per heavy atom. The summed E-state index contributed by atoms with van der Waals surface area (Å²) in [6.45, 7) is 1.07. The van der Waals surface area contributed by atoms with Crippen molar-refractivity contribution in [3.05, 3.63) is 30.5 Å². The first kappa shape index (κ1) is 14.0. The minimum atomic E-state index is 0.251. The largest absolute Gasteiger partial charge is 0.508 e. The number of rotatable bonds is 7. The second-order valence-corrected chi connectivity index (χ2v) is 5.41. The van der Waals surface area contributed by atoms with Crippen LogP contribution in [0.15, 0.2) is 30.5 Å². The zero-order valence-electron chi connectivity index (χ0n) is 10.7. The van der Waals surface area contributed by atoms with Crippen LogP contribution < -0.4 is 5.32 Å². The second kappa shape index (κ2) is 7.21. The molecular weight excluding hydrogens is 260 g/mol. The number of nitrogens with zero attached hydrogens (tertiary/aromatic N) is 1. The number of aliphatic hydroxyl groups excluding tert-OH is 1. The van der Waals surface area contributed by atoms with E-state index >= 15 is 0 Å². The van der Waals surface area contributed by atoms with Gasteiger partial charge in [-0.2, -0.15) is 11.8 Å². The number of aromatic hydroxyl groups is 1. The highest BCUT2D eigenvalue weighted by atomic mass is 32.2. The van der Waals surface area contributed by atoms with Gasteiger partial charge in [0.1, 0.15) is 11.6 Å².